The van der Waals surface area contributed by atoms with Gasteiger partial charge in [-0.25, -0.2) is 8.42 Å². The molecule has 2 aromatic carbocycles. The molecule has 1 aliphatic rings. The van der Waals surface area contributed by atoms with E-state index in [9.17, 15) is 13.2 Å². The van der Waals surface area contributed by atoms with Crippen molar-refractivity contribution in [3.05, 3.63) is 54.1 Å². The van der Waals surface area contributed by atoms with Crippen molar-refractivity contribution in [1.29, 1.82) is 0 Å². The molecule has 168 valence electrons. The zero-order chi connectivity index (χ0) is 22.4. The Morgan fingerprint density at radius 3 is 2.42 bits per heavy atom. The molecule has 1 aliphatic heterocycles. The van der Waals surface area contributed by atoms with Gasteiger partial charge in [0.2, 0.25) is 10.0 Å². The van der Waals surface area contributed by atoms with E-state index in [1.165, 1.54) is 16.4 Å². The number of amides is 1. The Kier molecular flexibility index (Phi) is 7.56. The van der Waals surface area contributed by atoms with Crippen LogP contribution in [0.5, 0.6) is 11.5 Å². The molecule has 0 saturated carbocycles. The van der Waals surface area contributed by atoms with Crippen molar-refractivity contribution in [1.82, 2.24) is 9.62 Å². The molecule has 0 aliphatic carbocycles. The number of ether oxygens (including phenoxy) is 2. The molecular formula is C23H30N2O5S. The van der Waals surface area contributed by atoms with Gasteiger partial charge in [0.1, 0.15) is 11.5 Å². The molecule has 3 rings (SSSR count). The van der Waals surface area contributed by atoms with Gasteiger partial charge in [-0.15, -0.1) is 0 Å². The SMILES string of the molecule is COc1ccccc1[C@H](C)NC(=O)COc1ccc(S(=O)(=O)N2CCC(C)CC2)cc1. The minimum absolute atomic E-state index is 0.171. The molecule has 0 spiro atoms. The van der Waals surface area contributed by atoms with Crippen molar-refractivity contribution in [2.45, 2.75) is 37.6 Å². The van der Waals surface area contributed by atoms with Gasteiger partial charge >= 0.3 is 0 Å². The third kappa shape index (κ3) is 5.77. The van der Waals surface area contributed by atoms with Gasteiger partial charge in [-0.3, -0.25) is 4.79 Å². The van der Waals surface area contributed by atoms with Gasteiger partial charge in [-0.05, 0) is 56.0 Å². The van der Waals surface area contributed by atoms with Crippen LogP contribution in [0.3, 0.4) is 0 Å². The van der Waals surface area contributed by atoms with E-state index in [-0.39, 0.29) is 23.5 Å². The predicted molar refractivity (Wildman–Crippen MR) is 119 cm³/mol. The number of para-hydroxylation sites is 1. The van der Waals surface area contributed by atoms with Crippen LogP contribution in [-0.2, 0) is 14.8 Å². The summed E-state index contributed by atoms with van der Waals surface area (Å²) < 4.78 is 38.0. The minimum Gasteiger partial charge on any atom is -0.496 e. The fourth-order valence-electron chi connectivity index (χ4n) is 3.62. The monoisotopic (exact) mass is 446 g/mol. The van der Waals surface area contributed by atoms with Crippen LogP contribution in [0.1, 0.15) is 38.3 Å². The van der Waals surface area contributed by atoms with E-state index in [0.717, 1.165) is 18.4 Å². The first-order valence-electron chi connectivity index (χ1n) is 10.5. The maximum atomic E-state index is 12.8. The minimum atomic E-state index is -3.50. The van der Waals surface area contributed by atoms with E-state index < -0.39 is 10.0 Å². The Bertz CT molecular complexity index is 983. The van der Waals surface area contributed by atoms with E-state index in [1.807, 2.05) is 31.2 Å². The first-order chi connectivity index (χ1) is 14.8. The van der Waals surface area contributed by atoms with Crippen LogP contribution in [0, 0.1) is 5.92 Å². The molecular weight excluding hydrogens is 416 g/mol. The van der Waals surface area contributed by atoms with E-state index in [1.54, 1.807) is 19.2 Å². The lowest BCUT2D eigenvalue weighted by molar-refractivity contribution is -0.123. The van der Waals surface area contributed by atoms with Crippen LogP contribution < -0.4 is 14.8 Å². The van der Waals surface area contributed by atoms with Crippen LogP contribution in [0.2, 0.25) is 0 Å². The fourth-order valence-corrected chi connectivity index (χ4v) is 5.09. The zero-order valence-electron chi connectivity index (χ0n) is 18.2. The lowest BCUT2D eigenvalue weighted by Crippen LogP contribution is -2.37. The third-order valence-electron chi connectivity index (χ3n) is 5.56. The van der Waals surface area contributed by atoms with Crippen molar-refractivity contribution in [3.63, 3.8) is 0 Å². The summed E-state index contributed by atoms with van der Waals surface area (Å²) in [5.41, 5.74) is 0.875. The number of sulfonamides is 1. The Hall–Kier alpha value is -2.58. The number of hydrogen-bond acceptors (Lipinski definition) is 5. The molecule has 1 heterocycles. The van der Waals surface area contributed by atoms with Crippen LogP contribution in [-0.4, -0.2) is 45.4 Å². The highest BCUT2D eigenvalue weighted by atomic mass is 32.2. The highest BCUT2D eigenvalue weighted by Gasteiger charge is 2.28. The quantitative estimate of drug-likeness (QED) is 0.672. The standard InChI is InChI=1S/C23H30N2O5S/c1-17-12-14-25(15-13-17)31(27,28)20-10-8-19(9-11-20)30-16-23(26)24-18(2)21-6-4-5-7-22(21)29-3/h4-11,17-18H,12-16H2,1-3H3,(H,24,26)/t18-/m0/s1. The Morgan fingerprint density at radius 2 is 1.77 bits per heavy atom. The summed E-state index contributed by atoms with van der Waals surface area (Å²) in [5.74, 6) is 1.42. The molecule has 1 fully saturated rings. The van der Waals surface area contributed by atoms with Gasteiger partial charge in [0.25, 0.3) is 5.91 Å². The number of carbonyl (C=O) groups excluding carboxylic acids is 1. The largest absolute Gasteiger partial charge is 0.496 e. The van der Waals surface area contributed by atoms with Crippen molar-refractivity contribution in [2.24, 2.45) is 5.92 Å². The van der Waals surface area contributed by atoms with Gasteiger partial charge in [0.15, 0.2) is 6.61 Å². The molecule has 0 aromatic heterocycles. The molecule has 7 nitrogen and oxygen atoms in total. The summed E-state index contributed by atoms with van der Waals surface area (Å²) in [5, 5.41) is 2.88. The Labute approximate surface area is 184 Å². The molecule has 1 N–H and O–H groups in total. The number of nitrogens with zero attached hydrogens (tertiary/aromatic N) is 1. The number of nitrogens with one attached hydrogen (secondary N) is 1. The molecule has 2 aromatic rings. The number of rotatable bonds is 8. The van der Waals surface area contributed by atoms with Crippen LogP contribution in [0.25, 0.3) is 0 Å². The van der Waals surface area contributed by atoms with Crippen molar-refractivity contribution >= 4 is 15.9 Å². The average molecular weight is 447 g/mol. The van der Waals surface area contributed by atoms with Gasteiger partial charge in [-0.1, -0.05) is 25.1 Å². The van der Waals surface area contributed by atoms with Crippen molar-refractivity contribution in [3.8, 4) is 11.5 Å². The summed E-state index contributed by atoms with van der Waals surface area (Å²) in [6, 6.07) is 13.5. The van der Waals surface area contributed by atoms with Crippen molar-refractivity contribution < 1.29 is 22.7 Å². The second kappa shape index (κ2) is 10.2. The summed E-state index contributed by atoms with van der Waals surface area (Å²) in [7, 11) is -1.91. The van der Waals surface area contributed by atoms with Gasteiger partial charge in [0.05, 0.1) is 18.0 Å². The summed E-state index contributed by atoms with van der Waals surface area (Å²) in [6.07, 6.45) is 1.76. The second-order valence-corrected chi connectivity index (χ2v) is 9.82. The smallest absolute Gasteiger partial charge is 0.258 e. The van der Waals surface area contributed by atoms with Crippen molar-refractivity contribution in [2.75, 3.05) is 26.8 Å². The number of hydrogen-bond donors (Lipinski definition) is 1. The Morgan fingerprint density at radius 1 is 1.13 bits per heavy atom. The maximum Gasteiger partial charge on any atom is 0.258 e. The summed E-state index contributed by atoms with van der Waals surface area (Å²) in [6.45, 7) is 4.94. The number of piperidine rings is 1. The van der Waals surface area contributed by atoms with Gasteiger partial charge < -0.3 is 14.8 Å². The first-order valence-corrected chi connectivity index (χ1v) is 11.9. The molecule has 1 amide bonds. The van der Waals surface area contributed by atoms with Gasteiger partial charge in [-0.2, -0.15) is 4.31 Å². The van der Waals surface area contributed by atoms with Gasteiger partial charge in [0, 0.05) is 18.7 Å². The zero-order valence-corrected chi connectivity index (χ0v) is 19.0. The molecule has 1 saturated heterocycles. The summed E-state index contributed by atoms with van der Waals surface area (Å²) >= 11 is 0. The van der Waals surface area contributed by atoms with Crippen LogP contribution >= 0.6 is 0 Å². The fraction of sp³-hybridized carbons (Fsp3) is 0.435. The van der Waals surface area contributed by atoms with E-state index in [2.05, 4.69) is 12.2 Å². The highest BCUT2D eigenvalue weighted by Crippen LogP contribution is 2.26. The van der Waals surface area contributed by atoms with E-state index in [0.29, 0.717) is 30.5 Å². The van der Waals surface area contributed by atoms with E-state index in [4.69, 9.17) is 9.47 Å². The molecule has 0 unspecified atom stereocenters. The number of carbonyl (C=O) groups is 1. The number of benzene rings is 2. The molecule has 0 bridgehead atoms. The summed E-state index contributed by atoms with van der Waals surface area (Å²) in [4.78, 5) is 12.5. The Balaban J connectivity index is 1.54. The lowest BCUT2D eigenvalue weighted by Gasteiger charge is -2.29. The first kappa shape index (κ1) is 23.1. The molecule has 1 atom stereocenters. The maximum absolute atomic E-state index is 12.8. The van der Waals surface area contributed by atoms with E-state index >= 15 is 0 Å². The highest BCUT2D eigenvalue weighted by molar-refractivity contribution is 7.89. The lowest BCUT2D eigenvalue weighted by atomic mass is 10.0. The topological polar surface area (TPSA) is 84.9 Å². The third-order valence-corrected chi connectivity index (χ3v) is 7.47. The van der Waals surface area contributed by atoms with Crippen LogP contribution in [0.4, 0.5) is 0 Å². The molecule has 8 heteroatoms. The molecule has 31 heavy (non-hydrogen) atoms. The predicted octanol–water partition coefficient (Wildman–Crippen LogP) is 3.37. The number of methoxy groups -OCH3 is 1. The van der Waals surface area contributed by atoms with Crippen LogP contribution in [0.15, 0.2) is 53.4 Å². The average Bonchev–Trinajstić information content (AvgIpc) is 2.78. The normalized spacial score (nSPS) is 16.5. The second-order valence-electron chi connectivity index (χ2n) is 7.88. The molecule has 0 radical (unpaired) electrons.